The van der Waals surface area contributed by atoms with Crippen LogP contribution in [-0.4, -0.2) is 41.1 Å². The number of amides is 1. The Balaban J connectivity index is 1.35. The Morgan fingerprint density at radius 1 is 1.40 bits per heavy atom. The van der Waals surface area contributed by atoms with Crippen molar-refractivity contribution in [2.75, 3.05) is 24.7 Å². The van der Waals surface area contributed by atoms with Crippen molar-refractivity contribution >= 4 is 29.6 Å². The van der Waals surface area contributed by atoms with Gasteiger partial charge >= 0.3 is 0 Å². The van der Waals surface area contributed by atoms with Crippen LogP contribution < -0.4 is 15.4 Å². The fourth-order valence-electron chi connectivity index (χ4n) is 3.03. The Labute approximate surface area is 179 Å². The summed E-state index contributed by atoms with van der Waals surface area (Å²) >= 11 is 1.65. The summed E-state index contributed by atoms with van der Waals surface area (Å²) in [6.45, 7) is 2.66. The predicted octanol–water partition coefficient (Wildman–Crippen LogP) is 3.88. The molecule has 2 N–H and O–H groups in total. The van der Waals surface area contributed by atoms with Crippen molar-refractivity contribution in [2.45, 2.75) is 17.9 Å². The van der Waals surface area contributed by atoms with Crippen molar-refractivity contribution in [1.82, 2.24) is 10.3 Å². The molecule has 8 heteroatoms. The van der Waals surface area contributed by atoms with Gasteiger partial charge in [-0.1, -0.05) is 30.7 Å². The lowest BCUT2D eigenvalue weighted by atomic mass is 10.1. The van der Waals surface area contributed by atoms with Crippen LogP contribution in [0.1, 0.15) is 28.9 Å². The van der Waals surface area contributed by atoms with Gasteiger partial charge in [0.05, 0.1) is 17.1 Å². The third-order valence-corrected chi connectivity index (χ3v) is 5.58. The molecule has 154 valence electrons. The second-order valence-corrected chi connectivity index (χ2v) is 8.10. The molecule has 2 aromatic rings. The predicted molar refractivity (Wildman–Crippen MR) is 119 cm³/mol. The van der Waals surface area contributed by atoms with Gasteiger partial charge in [-0.05, 0) is 24.4 Å². The van der Waals surface area contributed by atoms with Crippen LogP contribution in [0.5, 0.6) is 5.88 Å². The van der Waals surface area contributed by atoms with E-state index >= 15 is 0 Å². The molecular formula is C22H23N5O2S. The highest BCUT2D eigenvalue weighted by molar-refractivity contribution is 7.99. The molecule has 4 rings (SSSR count). The molecule has 0 saturated carbocycles. The summed E-state index contributed by atoms with van der Waals surface area (Å²) in [7, 11) is 1.97. The van der Waals surface area contributed by atoms with Crippen LogP contribution >= 0.6 is 11.8 Å². The molecule has 2 aliphatic rings. The van der Waals surface area contributed by atoms with Crippen molar-refractivity contribution in [3.63, 3.8) is 0 Å². The number of rotatable bonds is 7. The highest BCUT2D eigenvalue weighted by Gasteiger charge is 2.16. The molecule has 1 atom stereocenters. The van der Waals surface area contributed by atoms with Crippen molar-refractivity contribution in [2.24, 2.45) is 0 Å². The van der Waals surface area contributed by atoms with Crippen LogP contribution in [0.15, 0.2) is 65.7 Å². The maximum absolute atomic E-state index is 12.7. The number of fused-ring (bicyclic) bond motifs is 1. The van der Waals surface area contributed by atoms with Crippen molar-refractivity contribution in [3.05, 3.63) is 77.3 Å². The number of anilines is 1. The third-order valence-electron chi connectivity index (χ3n) is 4.61. The minimum atomic E-state index is -0.197. The number of hydrogen-bond acceptors (Lipinski definition) is 5. The quantitative estimate of drug-likeness (QED) is 0.663. The number of ether oxygens (including phenoxy) is 1. The minimum Gasteiger partial charge on any atom is -0.683 e. The van der Waals surface area contributed by atoms with E-state index in [2.05, 4.69) is 20.9 Å². The Bertz CT molecular complexity index is 1050. The molecule has 0 aliphatic carbocycles. The van der Waals surface area contributed by atoms with Gasteiger partial charge in [-0.3, -0.25) is 4.79 Å². The van der Waals surface area contributed by atoms with E-state index < -0.39 is 0 Å². The average molecular weight is 422 g/mol. The minimum absolute atomic E-state index is 0.0408. The monoisotopic (exact) mass is 421 g/mol. The number of nitrogens with one attached hydrogen (secondary N) is 2. The normalized spacial score (nSPS) is 15.8. The second-order valence-electron chi connectivity index (χ2n) is 6.97. The van der Waals surface area contributed by atoms with Crippen LogP contribution in [0.2, 0.25) is 0 Å². The first-order chi connectivity index (χ1) is 14.6. The van der Waals surface area contributed by atoms with E-state index in [0.29, 0.717) is 18.1 Å². The standard InChI is InChI=1S/C22H23N5O2S/c1-15(23-6-7-24-19-13-27(2)14-19)16-4-3-5-18(10-16)26-21(28)17-11-20-22(25-12-17)29-8-9-30-20/h3-7,10-15,24H,8-9H2,1-2H3,(H,26,28). The topological polar surface area (TPSA) is 80.4 Å². The largest absolute Gasteiger partial charge is 0.683 e. The summed E-state index contributed by atoms with van der Waals surface area (Å²) in [6, 6.07) is 9.50. The van der Waals surface area contributed by atoms with Gasteiger partial charge in [0.25, 0.3) is 5.91 Å². The van der Waals surface area contributed by atoms with Gasteiger partial charge in [0, 0.05) is 17.6 Å². The number of nitrogens with zero attached hydrogens (tertiary/aromatic N) is 3. The number of carbonyl (C=O) groups is 1. The molecule has 30 heavy (non-hydrogen) atoms. The Kier molecular flexibility index (Phi) is 6.04. The molecule has 0 fully saturated rings. The zero-order valence-corrected chi connectivity index (χ0v) is 17.6. The maximum Gasteiger partial charge on any atom is 0.257 e. The third kappa shape index (κ3) is 4.83. The van der Waals surface area contributed by atoms with Crippen LogP contribution in [0.4, 0.5) is 5.69 Å². The second kappa shape index (κ2) is 9.04. The molecule has 0 bridgehead atoms. The number of aromatic nitrogens is 1. The van der Waals surface area contributed by atoms with E-state index in [0.717, 1.165) is 27.6 Å². The van der Waals surface area contributed by atoms with E-state index in [4.69, 9.17) is 4.74 Å². The Morgan fingerprint density at radius 3 is 3.10 bits per heavy atom. The van der Waals surface area contributed by atoms with Gasteiger partial charge in [-0.2, -0.15) is 6.20 Å². The summed E-state index contributed by atoms with van der Waals surface area (Å²) in [6.07, 6.45) is 9.09. The molecule has 1 unspecified atom stereocenters. The average Bonchev–Trinajstić information content (AvgIpc) is 2.74. The fourth-order valence-corrected chi connectivity index (χ4v) is 3.86. The van der Waals surface area contributed by atoms with Gasteiger partial charge < -0.3 is 20.7 Å². The zero-order valence-electron chi connectivity index (χ0n) is 16.8. The molecule has 0 saturated heterocycles. The van der Waals surface area contributed by atoms with E-state index in [1.54, 1.807) is 24.2 Å². The molecule has 1 aromatic heterocycles. The van der Waals surface area contributed by atoms with Crippen LogP contribution in [0.25, 0.3) is 5.32 Å². The summed E-state index contributed by atoms with van der Waals surface area (Å²) in [4.78, 5) is 17.8. The van der Waals surface area contributed by atoms with E-state index in [-0.39, 0.29) is 11.9 Å². The van der Waals surface area contributed by atoms with E-state index in [9.17, 15) is 4.79 Å². The highest BCUT2D eigenvalue weighted by Crippen LogP contribution is 2.32. The molecule has 1 amide bonds. The van der Waals surface area contributed by atoms with Crippen molar-refractivity contribution in [3.8, 4) is 5.88 Å². The Hall–Kier alpha value is -3.26. The first-order valence-electron chi connectivity index (χ1n) is 9.65. The first-order valence-corrected chi connectivity index (χ1v) is 10.6. The smallest absolute Gasteiger partial charge is 0.257 e. The number of benzene rings is 1. The van der Waals surface area contributed by atoms with Gasteiger partial charge in [0.2, 0.25) is 5.88 Å². The highest BCUT2D eigenvalue weighted by atomic mass is 32.2. The van der Waals surface area contributed by atoms with E-state index in [1.807, 2.05) is 67.5 Å². The van der Waals surface area contributed by atoms with Gasteiger partial charge in [-0.25, -0.2) is 9.56 Å². The number of hydrogen-bond donors (Lipinski definition) is 2. The summed E-state index contributed by atoms with van der Waals surface area (Å²) in [5, 5.41) is 10.6. The molecule has 7 nitrogen and oxygen atoms in total. The Morgan fingerprint density at radius 2 is 2.27 bits per heavy atom. The van der Waals surface area contributed by atoms with Gasteiger partial charge in [0.1, 0.15) is 7.05 Å². The van der Waals surface area contributed by atoms with Crippen molar-refractivity contribution < 1.29 is 14.1 Å². The van der Waals surface area contributed by atoms with Gasteiger partial charge in [-0.15, -0.1) is 11.8 Å². The zero-order chi connectivity index (χ0) is 20.9. The number of thioether (sulfide) groups is 1. The van der Waals surface area contributed by atoms with Crippen LogP contribution in [0.3, 0.4) is 0 Å². The first kappa shape index (κ1) is 20.0. The SMILES string of the molecule is CC([N-]C=CNC1=C[N+](C)=C1)c1cccc(NC(=O)c2cnc3c(c2)SCCO3)c1. The lowest BCUT2D eigenvalue weighted by molar-refractivity contribution is -0.429. The lowest BCUT2D eigenvalue weighted by Crippen LogP contribution is -2.21. The number of carbonyl (C=O) groups excluding carboxylic acids is 1. The molecule has 1 aromatic carbocycles. The number of allylic oxidation sites excluding steroid dienone is 1. The molecule has 3 heterocycles. The van der Waals surface area contributed by atoms with Crippen LogP contribution in [0, 0.1) is 0 Å². The molecule has 0 radical (unpaired) electrons. The van der Waals surface area contributed by atoms with Gasteiger partial charge in [0.15, 0.2) is 18.1 Å². The maximum atomic E-state index is 12.7. The number of pyridine rings is 1. The molecular weight excluding hydrogens is 398 g/mol. The fraction of sp³-hybridized carbons (Fsp3) is 0.227. The summed E-state index contributed by atoms with van der Waals surface area (Å²) in [5.74, 6) is 1.26. The van der Waals surface area contributed by atoms with Crippen molar-refractivity contribution in [1.29, 1.82) is 0 Å². The summed E-state index contributed by atoms with van der Waals surface area (Å²) in [5.41, 5.74) is 3.29. The summed E-state index contributed by atoms with van der Waals surface area (Å²) < 4.78 is 7.47. The lowest BCUT2D eigenvalue weighted by Gasteiger charge is -2.26. The molecule has 0 spiro atoms. The van der Waals surface area contributed by atoms with Crippen LogP contribution in [-0.2, 0) is 0 Å². The van der Waals surface area contributed by atoms with E-state index in [1.165, 1.54) is 0 Å². The molecule has 2 aliphatic heterocycles.